The van der Waals surface area contributed by atoms with Gasteiger partial charge in [0.1, 0.15) is 0 Å². The summed E-state index contributed by atoms with van der Waals surface area (Å²) in [6, 6.07) is -0.363. The maximum absolute atomic E-state index is 12.3. The van der Waals surface area contributed by atoms with Gasteiger partial charge in [-0.15, -0.1) is 0 Å². The molecule has 0 bridgehead atoms. The van der Waals surface area contributed by atoms with Gasteiger partial charge in [0.15, 0.2) is 0 Å². The maximum Gasteiger partial charge on any atom is 0.304 e. The molecule has 7 heteroatoms. The van der Waals surface area contributed by atoms with Crippen LogP contribution in [0.15, 0.2) is 0 Å². The van der Waals surface area contributed by atoms with E-state index in [1.54, 1.807) is 0 Å². The van der Waals surface area contributed by atoms with Gasteiger partial charge in [0.05, 0.1) is 6.42 Å². The summed E-state index contributed by atoms with van der Waals surface area (Å²) >= 11 is 0. The lowest BCUT2D eigenvalue weighted by molar-refractivity contribution is -0.137. The first-order valence-electron chi connectivity index (χ1n) is 6.00. The van der Waals surface area contributed by atoms with Crippen LogP contribution in [0, 0.1) is 0 Å². The second-order valence-electron chi connectivity index (χ2n) is 4.62. The predicted molar refractivity (Wildman–Crippen MR) is 61.7 cm³/mol. The van der Waals surface area contributed by atoms with Crippen LogP contribution < -0.4 is 0 Å². The first-order valence-corrected chi connectivity index (χ1v) is 7.40. The van der Waals surface area contributed by atoms with Gasteiger partial charge in [0.2, 0.25) is 0 Å². The maximum atomic E-state index is 12.3. The van der Waals surface area contributed by atoms with Gasteiger partial charge in [-0.05, 0) is 25.7 Å². The van der Waals surface area contributed by atoms with Crippen LogP contribution in [-0.4, -0.2) is 53.8 Å². The number of rotatable bonds is 4. The highest BCUT2D eigenvalue weighted by atomic mass is 32.2. The van der Waals surface area contributed by atoms with E-state index in [0.29, 0.717) is 26.1 Å². The molecule has 2 aliphatic rings. The molecule has 2 rings (SSSR count). The van der Waals surface area contributed by atoms with E-state index >= 15 is 0 Å². The zero-order valence-electron chi connectivity index (χ0n) is 9.71. The number of carboxylic acid groups (broad SMARTS) is 1. The van der Waals surface area contributed by atoms with Crippen LogP contribution in [0.2, 0.25) is 0 Å². The minimum Gasteiger partial charge on any atom is -0.481 e. The summed E-state index contributed by atoms with van der Waals surface area (Å²) in [5.41, 5.74) is 0. The van der Waals surface area contributed by atoms with Crippen molar-refractivity contribution in [2.45, 2.75) is 38.1 Å². The molecule has 1 unspecified atom stereocenters. The van der Waals surface area contributed by atoms with Gasteiger partial charge >= 0.3 is 5.97 Å². The van der Waals surface area contributed by atoms with E-state index in [4.69, 9.17) is 5.11 Å². The minimum atomic E-state index is -3.43. The van der Waals surface area contributed by atoms with Crippen molar-refractivity contribution in [2.24, 2.45) is 0 Å². The summed E-state index contributed by atoms with van der Waals surface area (Å²) in [5, 5.41) is 8.79. The monoisotopic (exact) mass is 262 g/mol. The Balaban J connectivity index is 2.11. The van der Waals surface area contributed by atoms with Gasteiger partial charge in [-0.3, -0.25) is 4.79 Å². The number of carboxylic acids is 1. The average molecular weight is 262 g/mol. The van der Waals surface area contributed by atoms with E-state index in [-0.39, 0.29) is 12.5 Å². The highest BCUT2D eigenvalue weighted by Gasteiger charge is 2.39. The van der Waals surface area contributed by atoms with Gasteiger partial charge in [-0.2, -0.15) is 17.0 Å². The fourth-order valence-corrected chi connectivity index (χ4v) is 4.52. The molecule has 6 nitrogen and oxygen atoms in total. The van der Waals surface area contributed by atoms with E-state index in [0.717, 1.165) is 19.3 Å². The van der Waals surface area contributed by atoms with Crippen molar-refractivity contribution in [3.05, 3.63) is 0 Å². The Hall–Kier alpha value is -0.660. The Morgan fingerprint density at radius 2 is 1.82 bits per heavy atom. The molecule has 2 aliphatic heterocycles. The fraction of sp³-hybridized carbons (Fsp3) is 0.900. The number of aliphatic carboxylic acids is 1. The van der Waals surface area contributed by atoms with Crippen molar-refractivity contribution < 1.29 is 18.3 Å². The van der Waals surface area contributed by atoms with Crippen molar-refractivity contribution in [1.82, 2.24) is 8.61 Å². The van der Waals surface area contributed by atoms with E-state index < -0.39 is 16.2 Å². The summed E-state index contributed by atoms with van der Waals surface area (Å²) in [7, 11) is -3.43. The standard InChI is InChI=1S/C10H18N2O4S/c13-10(14)8-9-4-3-7-12(9)17(15,16)11-5-1-2-6-11/h9H,1-8H2,(H,13,14). The quantitative estimate of drug-likeness (QED) is 0.788. The van der Waals surface area contributed by atoms with E-state index in [9.17, 15) is 13.2 Å². The van der Waals surface area contributed by atoms with Gasteiger partial charge in [-0.25, -0.2) is 0 Å². The molecule has 0 aliphatic carbocycles. The van der Waals surface area contributed by atoms with E-state index in [1.165, 1.54) is 8.61 Å². The van der Waals surface area contributed by atoms with Crippen LogP contribution in [0.4, 0.5) is 0 Å². The topological polar surface area (TPSA) is 77.9 Å². The Bertz CT molecular complexity index is 389. The molecular formula is C10H18N2O4S. The fourth-order valence-electron chi connectivity index (χ4n) is 2.59. The highest BCUT2D eigenvalue weighted by Crippen LogP contribution is 2.27. The Kier molecular flexibility index (Phi) is 3.70. The number of carbonyl (C=O) groups is 1. The molecule has 0 saturated carbocycles. The smallest absolute Gasteiger partial charge is 0.304 e. The summed E-state index contributed by atoms with van der Waals surface area (Å²) in [4.78, 5) is 10.7. The number of hydrogen-bond donors (Lipinski definition) is 1. The van der Waals surface area contributed by atoms with Crippen LogP contribution in [0.3, 0.4) is 0 Å². The Morgan fingerprint density at radius 1 is 1.18 bits per heavy atom. The zero-order chi connectivity index (χ0) is 12.5. The van der Waals surface area contributed by atoms with Crippen molar-refractivity contribution >= 4 is 16.2 Å². The molecule has 1 atom stereocenters. The van der Waals surface area contributed by atoms with Gasteiger partial charge < -0.3 is 5.11 Å². The summed E-state index contributed by atoms with van der Waals surface area (Å²) in [6.07, 6.45) is 3.12. The number of hydrogen-bond acceptors (Lipinski definition) is 3. The van der Waals surface area contributed by atoms with Crippen LogP contribution in [0.25, 0.3) is 0 Å². The molecule has 0 spiro atoms. The molecular weight excluding hydrogens is 244 g/mol. The Morgan fingerprint density at radius 3 is 2.41 bits per heavy atom. The second kappa shape index (κ2) is 4.91. The molecule has 2 fully saturated rings. The molecule has 17 heavy (non-hydrogen) atoms. The van der Waals surface area contributed by atoms with Crippen molar-refractivity contribution in [1.29, 1.82) is 0 Å². The van der Waals surface area contributed by atoms with Crippen LogP contribution in [0.1, 0.15) is 32.1 Å². The largest absolute Gasteiger partial charge is 0.481 e. The Labute approximate surface area is 101 Å². The molecule has 0 amide bonds. The van der Waals surface area contributed by atoms with Crippen LogP contribution in [0.5, 0.6) is 0 Å². The van der Waals surface area contributed by atoms with Crippen LogP contribution >= 0.6 is 0 Å². The normalized spacial score (nSPS) is 27.6. The zero-order valence-corrected chi connectivity index (χ0v) is 10.5. The van der Waals surface area contributed by atoms with Gasteiger partial charge in [0, 0.05) is 25.7 Å². The lowest BCUT2D eigenvalue weighted by Gasteiger charge is -2.27. The third-order valence-electron chi connectivity index (χ3n) is 3.42. The summed E-state index contributed by atoms with van der Waals surface area (Å²) in [6.45, 7) is 1.59. The third-order valence-corrected chi connectivity index (χ3v) is 5.51. The summed E-state index contributed by atoms with van der Waals surface area (Å²) in [5.74, 6) is -0.932. The lowest BCUT2D eigenvalue weighted by Crippen LogP contribution is -2.45. The molecule has 2 saturated heterocycles. The van der Waals surface area contributed by atoms with E-state index in [2.05, 4.69) is 0 Å². The molecule has 98 valence electrons. The second-order valence-corrected chi connectivity index (χ2v) is 6.50. The molecule has 2 heterocycles. The molecule has 0 aromatic rings. The average Bonchev–Trinajstić information content (AvgIpc) is 2.85. The van der Waals surface area contributed by atoms with Gasteiger partial charge in [-0.1, -0.05) is 0 Å². The SMILES string of the molecule is O=C(O)CC1CCCN1S(=O)(=O)N1CCCC1. The van der Waals surface area contributed by atoms with Crippen molar-refractivity contribution in [2.75, 3.05) is 19.6 Å². The predicted octanol–water partition coefficient (Wildman–Crippen LogP) is 0.266. The molecule has 0 radical (unpaired) electrons. The van der Waals surface area contributed by atoms with Gasteiger partial charge in [0.25, 0.3) is 10.2 Å². The van der Waals surface area contributed by atoms with Crippen LogP contribution in [-0.2, 0) is 15.0 Å². The van der Waals surface area contributed by atoms with Crippen molar-refractivity contribution in [3.8, 4) is 0 Å². The number of nitrogens with zero attached hydrogens (tertiary/aromatic N) is 2. The minimum absolute atomic E-state index is 0.0902. The van der Waals surface area contributed by atoms with E-state index in [1.807, 2.05) is 0 Å². The molecule has 0 aromatic heterocycles. The third kappa shape index (κ3) is 2.61. The first kappa shape index (κ1) is 12.8. The molecule has 1 N–H and O–H groups in total. The lowest BCUT2D eigenvalue weighted by atomic mass is 10.2. The van der Waals surface area contributed by atoms with Crippen molar-refractivity contribution in [3.63, 3.8) is 0 Å². The highest BCUT2D eigenvalue weighted by molar-refractivity contribution is 7.86. The summed E-state index contributed by atoms with van der Waals surface area (Å²) < 4.78 is 27.4. The first-order chi connectivity index (χ1) is 8.01. The molecule has 0 aromatic carbocycles.